The van der Waals surface area contributed by atoms with E-state index in [4.69, 9.17) is 5.73 Å². The second kappa shape index (κ2) is 4.63. The van der Waals surface area contributed by atoms with Gasteiger partial charge in [-0.05, 0) is 25.1 Å². The summed E-state index contributed by atoms with van der Waals surface area (Å²) < 4.78 is 38.5. The van der Waals surface area contributed by atoms with Gasteiger partial charge in [0.2, 0.25) is 10.0 Å². The van der Waals surface area contributed by atoms with E-state index in [0.717, 1.165) is 18.2 Å². The molecule has 0 amide bonds. The Bertz CT molecular complexity index is 512. The van der Waals surface area contributed by atoms with Gasteiger partial charge in [0.15, 0.2) is 0 Å². The maximum Gasteiger partial charge on any atom is 0.240 e. The summed E-state index contributed by atoms with van der Waals surface area (Å²) in [7, 11) is -3.65. The number of halogens is 1. The Morgan fingerprint density at radius 3 is 2.69 bits per heavy atom. The topological polar surface area (TPSA) is 72.2 Å². The molecule has 16 heavy (non-hydrogen) atoms. The summed E-state index contributed by atoms with van der Waals surface area (Å²) in [5, 5.41) is 0. The minimum absolute atomic E-state index is 0.0624. The number of hydrogen-bond acceptors (Lipinski definition) is 3. The first-order valence-corrected chi connectivity index (χ1v) is 6.00. The van der Waals surface area contributed by atoms with Crippen molar-refractivity contribution in [3.63, 3.8) is 0 Å². The van der Waals surface area contributed by atoms with Crippen LogP contribution in [-0.2, 0) is 10.0 Å². The standard InChI is InChI=1S/C10H13FN2O2S/c1-7(2)6-13-16(14,15)8-3-4-9(11)10(12)5-8/h3-5,13H,1,6,12H2,2H3. The summed E-state index contributed by atoms with van der Waals surface area (Å²) >= 11 is 0. The van der Waals surface area contributed by atoms with E-state index in [1.807, 2.05) is 0 Å². The van der Waals surface area contributed by atoms with Crippen LogP contribution in [0.2, 0.25) is 0 Å². The number of nitrogen functional groups attached to an aromatic ring is 1. The molecule has 0 fully saturated rings. The zero-order valence-corrected chi connectivity index (χ0v) is 9.64. The summed E-state index contributed by atoms with van der Waals surface area (Å²) in [4.78, 5) is -0.0624. The molecule has 0 aliphatic rings. The molecule has 0 spiro atoms. The van der Waals surface area contributed by atoms with Gasteiger partial charge < -0.3 is 5.73 Å². The molecular formula is C10H13FN2O2S. The van der Waals surface area contributed by atoms with Crippen molar-refractivity contribution >= 4 is 15.7 Å². The number of sulfonamides is 1. The summed E-state index contributed by atoms with van der Waals surface area (Å²) in [6.07, 6.45) is 0. The number of anilines is 1. The average Bonchev–Trinajstić information content (AvgIpc) is 2.19. The first-order chi connectivity index (χ1) is 7.33. The van der Waals surface area contributed by atoms with Crippen LogP contribution in [0, 0.1) is 5.82 Å². The molecule has 0 aliphatic carbocycles. The van der Waals surface area contributed by atoms with E-state index in [-0.39, 0.29) is 17.1 Å². The van der Waals surface area contributed by atoms with Crippen LogP contribution in [0.15, 0.2) is 35.2 Å². The number of rotatable bonds is 4. The van der Waals surface area contributed by atoms with Crippen LogP contribution >= 0.6 is 0 Å². The second-order valence-corrected chi connectivity index (χ2v) is 5.23. The number of hydrogen-bond donors (Lipinski definition) is 2. The van der Waals surface area contributed by atoms with Gasteiger partial charge in [-0.3, -0.25) is 0 Å². The summed E-state index contributed by atoms with van der Waals surface area (Å²) in [6.45, 7) is 5.41. The summed E-state index contributed by atoms with van der Waals surface area (Å²) in [6, 6.07) is 3.26. The maximum atomic E-state index is 12.8. The van der Waals surface area contributed by atoms with E-state index in [0.29, 0.717) is 5.57 Å². The van der Waals surface area contributed by atoms with Gasteiger partial charge in [0.1, 0.15) is 5.82 Å². The lowest BCUT2D eigenvalue weighted by atomic mass is 10.3. The SMILES string of the molecule is C=C(C)CNS(=O)(=O)c1ccc(F)c(N)c1. The Morgan fingerprint density at radius 2 is 2.19 bits per heavy atom. The van der Waals surface area contributed by atoms with Crippen LogP contribution in [-0.4, -0.2) is 15.0 Å². The molecule has 6 heteroatoms. The lowest BCUT2D eigenvalue weighted by Gasteiger charge is -2.07. The summed E-state index contributed by atoms with van der Waals surface area (Å²) in [5.74, 6) is -0.640. The van der Waals surface area contributed by atoms with E-state index < -0.39 is 15.8 Å². The molecule has 0 heterocycles. The molecular weight excluding hydrogens is 231 g/mol. The van der Waals surface area contributed by atoms with Crippen molar-refractivity contribution in [2.45, 2.75) is 11.8 Å². The lowest BCUT2D eigenvalue weighted by molar-refractivity contribution is 0.584. The Balaban J connectivity index is 2.99. The Labute approximate surface area is 94.0 Å². The molecule has 88 valence electrons. The lowest BCUT2D eigenvalue weighted by Crippen LogP contribution is -2.25. The average molecular weight is 244 g/mol. The van der Waals surface area contributed by atoms with E-state index in [1.54, 1.807) is 6.92 Å². The van der Waals surface area contributed by atoms with Crippen molar-refractivity contribution in [1.29, 1.82) is 0 Å². The van der Waals surface area contributed by atoms with Crippen molar-refractivity contribution in [2.24, 2.45) is 0 Å². The van der Waals surface area contributed by atoms with Crippen molar-refractivity contribution in [2.75, 3.05) is 12.3 Å². The molecule has 0 aliphatic heterocycles. The minimum atomic E-state index is -3.65. The normalized spacial score (nSPS) is 11.4. The van der Waals surface area contributed by atoms with Crippen molar-refractivity contribution in [1.82, 2.24) is 4.72 Å². The molecule has 1 aromatic carbocycles. The van der Waals surface area contributed by atoms with Gasteiger partial charge in [0.05, 0.1) is 10.6 Å². The van der Waals surface area contributed by atoms with Gasteiger partial charge in [-0.15, -0.1) is 0 Å². The predicted octanol–water partition coefficient (Wildman–Crippen LogP) is 1.26. The zero-order chi connectivity index (χ0) is 12.3. The molecule has 0 saturated heterocycles. The van der Waals surface area contributed by atoms with Crippen molar-refractivity contribution in [3.05, 3.63) is 36.2 Å². The highest BCUT2D eigenvalue weighted by molar-refractivity contribution is 7.89. The molecule has 0 unspecified atom stereocenters. The molecule has 0 saturated carbocycles. The zero-order valence-electron chi connectivity index (χ0n) is 8.83. The largest absolute Gasteiger partial charge is 0.396 e. The van der Waals surface area contributed by atoms with E-state index in [2.05, 4.69) is 11.3 Å². The van der Waals surface area contributed by atoms with Crippen molar-refractivity contribution < 1.29 is 12.8 Å². The third-order valence-corrected chi connectivity index (χ3v) is 3.24. The molecule has 3 N–H and O–H groups in total. The predicted molar refractivity (Wildman–Crippen MR) is 60.8 cm³/mol. The van der Waals surface area contributed by atoms with Crippen LogP contribution in [0.4, 0.5) is 10.1 Å². The first-order valence-electron chi connectivity index (χ1n) is 4.52. The monoisotopic (exact) mass is 244 g/mol. The van der Waals surface area contributed by atoms with Gasteiger partial charge in [-0.2, -0.15) is 0 Å². The molecule has 1 rings (SSSR count). The highest BCUT2D eigenvalue weighted by atomic mass is 32.2. The van der Waals surface area contributed by atoms with Gasteiger partial charge >= 0.3 is 0 Å². The third-order valence-electron chi connectivity index (χ3n) is 1.84. The number of nitrogens with one attached hydrogen (secondary N) is 1. The minimum Gasteiger partial charge on any atom is -0.396 e. The summed E-state index contributed by atoms with van der Waals surface area (Å²) in [5.41, 5.74) is 5.77. The molecule has 0 radical (unpaired) electrons. The highest BCUT2D eigenvalue weighted by Crippen LogP contribution is 2.16. The molecule has 4 nitrogen and oxygen atoms in total. The van der Waals surface area contributed by atoms with Crippen LogP contribution in [0.1, 0.15) is 6.92 Å². The fourth-order valence-corrected chi connectivity index (χ4v) is 2.12. The van der Waals surface area contributed by atoms with Gasteiger partial charge in [-0.1, -0.05) is 12.2 Å². The van der Waals surface area contributed by atoms with Crippen molar-refractivity contribution in [3.8, 4) is 0 Å². The maximum absolute atomic E-state index is 12.8. The van der Waals surface area contributed by atoms with Gasteiger partial charge in [0.25, 0.3) is 0 Å². The third kappa shape index (κ3) is 3.04. The Kier molecular flexibility index (Phi) is 3.66. The van der Waals surface area contributed by atoms with E-state index in [1.165, 1.54) is 0 Å². The first kappa shape index (κ1) is 12.7. The van der Waals surface area contributed by atoms with E-state index in [9.17, 15) is 12.8 Å². The second-order valence-electron chi connectivity index (χ2n) is 3.46. The van der Waals surface area contributed by atoms with Crippen LogP contribution in [0.3, 0.4) is 0 Å². The van der Waals surface area contributed by atoms with Crippen LogP contribution in [0.5, 0.6) is 0 Å². The van der Waals surface area contributed by atoms with Gasteiger partial charge in [-0.25, -0.2) is 17.5 Å². The van der Waals surface area contributed by atoms with Crippen LogP contribution in [0.25, 0.3) is 0 Å². The fourth-order valence-electron chi connectivity index (χ4n) is 0.991. The molecule has 1 aromatic rings. The van der Waals surface area contributed by atoms with E-state index >= 15 is 0 Å². The quantitative estimate of drug-likeness (QED) is 0.618. The number of nitrogens with two attached hydrogens (primary N) is 1. The number of benzene rings is 1. The molecule has 0 aromatic heterocycles. The molecule has 0 atom stereocenters. The fraction of sp³-hybridized carbons (Fsp3) is 0.200. The Morgan fingerprint density at radius 1 is 1.56 bits per heavy atom. The highest BCUT2D eigenvalue weighted by Gasteiger charge is 2.14. The van der Waals surface area contributed by atoms with Gasteiger partial charge in [0, 0.05) is 6.54 Å². The molecule has 0 bridgehead atoms. The smallest absolute Gasteiger partial charge is 0.240 e. The van der Waals surface area contributed by atoms with Crippen LogP contribution < -0.4 is 10.5 Å². The Hall–Kier alpha value is -1.40.